The van der Waals surface area contributed by atoms with E-state index < -0.39 is 9.04 Å². The molecule has 83 valence electrons. The van der Waals surface area contributed by atoms with E-state index in [0.717, 1.165) is 0 Å². The molecule has 0 bridgehead atoms. The van der Waals surface area contributed by atoms with Crippen LogP contribution in [0.3, 0.4) is 0 Å². The molecule has 0 aliphatic carbocycles. The molecule has 0 saturated heterocycles. The molecule has 0 amide bonds. The summed E-state index contributed by atoms with van der Waals surface area (Å²) in [4.78, 5) is 0. The smallest absolute Gasteiger partial charge is 0.252 e. The van der Waals surface area contributed by atoms with Crippen LogP contribution in [-0.2, 0) is 4.43 Å². The zero-order valence-electron chi connectivity index (χ0n) is 10.4. The summed E-state index contributed by atoms with van der Waals surface area (Å²) in [6.45, 7) is 11.0. The van der Waals surface area contributed by atoms with Gasteiger partial charge in [-0.2, -0.15) is 0 Å². The third kappa shape index (κ3) is 3.80. The molecule has 0 N–H and O–H groups in total. The summed E-state index contributed by atoms with van der Waals surface area (Å²) in [6, 6.07) is 10.6. The molecule has 1 rings (SSSR count). The molecular formula is C13H21OSi. The van der Waals surface area contributed by atoms with E-state index in [1.165, 1.54) is 5.19 Å². The Morgan fingerprint density at radius 1 is 1.07 bits per heavy atom. The quantitative estimate of drug-likeness (QED) is 0.713. The Balaban J connectivity index is 2.92. The van der Waals surface area contributed by atoms with Gasteiger partial charge in [-0.15, -0.1) is 0 Å². The lowest BCUT2D eigenvalue weighted by Gasteiger charge is -2.30. The summed E-state index contributed by atoms with van der Waals surface area (Å²) in [7, 11) is -0.937. The highest BCUT2D eigenvalue weighted by molar-refractivity contribution is 6.70. The monoisotopic (exact) mass is 221 g/mol. The lowest BCUT2D eigenvalue weighted by atomic mass is 10.2. The van der Waals surface area contributed by atoms with Crippen LogP contribution >= 0.6 is 0 Å². The van der Waals surface area contributed by atoms with Crippen molar-refractivity contribution in [2.45, 2.75) is 45.8 Å². The van der Waals surface area contributed by atoms with Crippen molar-refractivity contribution in [3.05, 3.63) is 30.3 Å². The fraction of sp³-hybridized carbons (Fsp3) is 0.538. The number of hydrogen-bond acceptors (Lipinski definition) is 1. The van der Waals surface area contributed by atoms with Crippen molar-refractivity contribution in [3.63, 3.8) is 0 Å². The second-order valence-electron chi connectivity index (χ2n) is 5.11. The van der Waals surface area contributed by atoms with Gasteiger partial charge >= 0.3 is 0 Å². The SMILES string of the molecule is CC(C)O[Si](c1ccccc1)C(C)(C)C. The minimum absolute atomic E-state index is 0.232. The lowest BCUT2D eigenvalue weighted by Crippen LogP contribution is -2.43. The fourth-order valence-electron chi connectivity index (χ4n) is 1.50. The van der Waals surface area contributed by atoms with Crippen molar-refractivity contribution in [2.75, 3.05) is 0 Å². The summed E-state index contributed by atoms with van der Waals surface area (Å²) in [5.74, 6) is 0. The molecule has 1 aromatic carbocycles. The van der Waals surface area contributed by atoms with Crippen LogP contribution in [0.2, 0.25) is 5.04 Å². The van der Waals surface area contributed by atoms with Crippen LogP contribution in [-0.4, -0.2) is 15.1 Å². The number of benzene rings is 1. The first kappa shape index (κ1) is 12.5. The standard InChI is InChI=1S/C13H21OSi/c1-11(2)14-15(13(3,4)5)12-9-7-6-8-10-12/h6-11H,1-5H3. The summed E-state index contributed by atoms with van der Waals surface area (Å²) >= 11 is 0. The first-order chi connectivity index (χ1) is 6.91. The van der Waals surface area contributed by atoms with E-state index in [-0.39, 0.29) is 5.04 Å². The zero-order chi connectivity index (χ0) is 11.5. The molecule has 0 fully saturated rings. The van der Waals surface area contributed by atoms with E-state index in [1.807, 2.05) is 0 Å². The van der Waals surface area contributed by atoms with E-state index in [0.29, 0.717) is 6.10 Å². The van der Waals surface area contributed by atoms with Gasteiger partial charge in [0.05, 0.1) is 0 Å². The van der Waals surface area contributed by atoms with Gasteiger partial charge in [0, 0.05) is 6.10 Å². The second kappa shape index (κ2) is 4.95. The summed E-state index contributed by atoms with van der Waals surface area (Å²) < 4.78 is 6.10. The number of hydrogen-bond donors (Lipinski definition) is 0. The molecule has 0 aromatic heterocycles. The zero-order valence-corrected chi connectivity index (χ0v) is 11.4. The van der Waals surface area contributed by atoms with Crippen LogP contribution in [0.1, 0.15) is 34.6 Å². The minimum atomic E-state index is -0.937. The average molecular weight is 221 g/mol. The molecule has 0 unspecified atom stereocenters. The van der Waals surface area contributed by atoms with E-state index in [2.05, 4.69) is 65.0 Å². The van der Waals surface area contributed by atoms with Crippen LogP contribution in [0.5, 0.6) is 0 Å². The highest BCUT2D eigenvalue weighted by atomic mass is 28.3. The van der Waals surface area contributed by atoms with Crippen molar-refractivity contribution in [3.8, 4) is 0 Å². The third-order valence-electron chi connectivity index (χ3n) is 2.07. The second-order valence-corrected chi connectivity index (χ2v) is 8.08. The van der Waals surface area contributed by atoms with Gasteiger partial charge in [0.2, 0.25) is 0 Å². The molecule has 1 aromatic rings. The van der Waals surface area contributed by atoms with Gasteiger partial charge in [0.25, 0.3) is 9.04 Å². The lowest BCUT2D eigenvalue weighted by molar-refractivity contribution is 0.236. The first-order valence-corrected chi connectivity index (χ1v) is 6.91. The largest absolute Gasteiger partial charge is 0.409 e. The van der Waals surface area contributed by atoms with Crippen molar-refractivity contribution in [1.82, 2.24) is 0 Å². The normalized spacial score (nSPS) is 12.5. The highest BCUT2D eigenvalue weighted by Crippen LogP contribution is 2.27. The summed E-state index contributed by atoms with van der Waals surface area (Å²) in [5, 5.41) is 1.60. The van der Waals surface area contributed by atoms with E-state index in [9.17, 15) is 0 Å². The molecule has 1 nitrogen and oxygen atoms in total. The van der Waals surface area contributed by atoms with Gasteiger partial charge in [0.1, 0.15) is 0 Å². The van der Waals surface area contributed by atoms with Gasteiger partial charge in [-0.05, 0) is 24.1 Å². The first-order valence-electron chi connectivity index (χ1n) is 5.51. The Morgan fingerprint density at radius 3 is 2.00 bits per heavy atom. The molecule has 0 heterocycles. The predicted molar refractivity (Wildman–Crippen MR) is 67.8 cm³/mol. The maximum atomic E-state index is 6.10. The van der Waals surface area contributed by atoms with Crippen LogP contribution in [0.4, 0.5) is 0 Å². The molecule has 0 atom stereocenters. The Kier molecular flexibility index (Phi) is 4.11. The van der Waals surface area contributed by atoms with Crippen LogP contribution in [0.25, 0.3) is 0 Å². The van der Waals surface area contributed by atoms with Gasteiger partial charge < -0.3 is 4.43 Å². The predicted octanol–water partition coefficient (Wildman–Crippen LogP) is 3.11. The summed E-state index contributed by atoms with van der Waals surface area (Å²) in [5.41, 5.74) is 0. The van der Waals surface area contributed by atoms with E-state index in [4.69, 9.17) is 4.43 Å². The minimum Gasteiger partial charge on any atom is -0.409 e. The fourth-order valence-corrected chi connectivity index (χ4v) is 3.83. The Labute approximate surface area is 95.2 Å². The van der Waals surface area contributed by atoms with Gasteiger partial charge in [0.15, 0.2) is 0 Å². The molecule has 0 aliphatic heterocycles. The molecule has 0 spiro atoms. The topological polar surface area (TPSA) is 9.23 Å². The van der Waals surface area contributed by atoms with Crippen molar-refractivity contribution in [1.29, 1.82) is 0 Å². The summed E-state index contributed by atoms with van der Waals surface area (Å²) in [6.07, 6.45) is 0.304. The van der Waals surface area contributed by atoms with E-state index >= 15 is 0 Å². The molecule has 2 heteroatoms. The number of rotatable bonds is 3. The molecule has 15 heavy (non-hydrogen) atoms. The van der Waals surface area contributed by atoms with Crippen molar-refractivity contribution in [2.24, 2.45) is 0 Å². The Hall–Kier alpha value is -0.603. The maximum absolute atomic E-state index is 6.10. The average Bonchev–Trinajstić information content (AvgIpc) is 2.14. The van der Waals surface area contributed by atoms with Crippen molar-refractivity contribution < 1.29 is 4.43 Å². The molecular weight excluding hydrogens is 200 g/mol. The Bertz CT molecular complexity index is 287. The van der Waals surface area contributed by atoms with Crippen LogP contribution in [0.15, 0.2) is 30.3 Å². The Morgan fingerprint density at radius 2 is 1.60 bits per heavy atom. The molecule has 0 saturated carbocycles. The third-order valence-corrected chi connectivity index (χ3v) is 5.00. The highest BCUT2D eigenvalue weighted by Gasteiger charge is 2.31. The van der Waals surface area contributed by atoms with Gasteiger partial charge in [-0.3, -0.25) is 0 Å². The van der Waals surface area contributed by atoms with Crippen LogP contribution in [0, 0.1) is 0 Å². The van der Waals surface area contributed by atoms with Crippen LogP contribution < -0.4 is 5.19 Å². The van der Waals surface area contributed by atoms with Gasteiger partial charge in [-0.1, -0.05) is 51.1 Å². The van der Waals surface area contributed by atoms with Gasteiger partial charge in [-0.25, -0.2) is 0 Å². The van der Waals surface area contributed by atoms with Crippen molar-refractivity contribution >= 4 is 14.2 Å². The maximum Gasteiger partial charge on any atom is 0.252 e. The van der Waals surface area contributed by atoms with E-state index in [1.54, 1.807) is 0 Å². The molecule has 0 aliphatic rings. The molecule has 1 radical (unpaired) electrons.